The molecule has 2 aromatic heterocycles. The number of anilines is 1. The molecule has 8 heteroatoms. The van der Waals surface area contributed by atoms with Gasteiger partial charge in [-0.3, -0.25) is 4.79 Å². The van der Waals surface area contributed by atoms with Gasteiger partial charge in [0, 0.05) is 13.1 Å². The quantitative estimate of drug-likeness (QED) is 0.793. The molecule has 0 aromatic carbocycles. The van der Waals surface area contributed by atoms with Gasteiger partial charge in [-0.25, -0.2) is 4.98 Å². The molecule has 0 bridgehead atoms. The second kappa shape index (κ2) is 5.89. The summed E-state index contributed by atoms with van der Waals surface area (Å²) in [6.07, 6.45) is 1.58. The number of imidazole rings is 1. The van der Waals surface area contributed by atoms with Crippen LogP contribution in [0.5, 0.6) is 0 Å². The van der Waals surface area contributed by atoms with Crippen LogP contribution in [-0.2, 0) is 18.4 Å². The first-order valence-electron chi connectivity index (χ1n) is 5.57. The number of amides is 1. The molecule has 0 fully saturated rings. The number of nitrogens with one attached hydrogen (secondary N) is 1. The van der Waals surface area contributed by atoms with E-state index in [-0.39, 0.29) is 18.3 Å². The molecule has 0 unspecified atom stereocenters. The maximum atomic E-state index is 11.7. The van der Waals surface area contributed by atoms with Crippen molar-refractivity contribution in [1.82, 2.24) is 14.7 Å². The van der Waals surface area contributed by atoms with Crippen LogP contribution in [0, 0.1) is 6.92 Å². The monoisotopic (exact) mass is 282 g/mol. The van der Waals surface area contributed by atoms with Gasteiger partial charge in [0.05, 0.1) is 24.3 Å². The summed E-state index contributed by atoms with van der Waals surface area (Å²) in [7, 11) is 1.79. The molecule has 0 atom stereocenters. The SMILES string of the molecule is Cc1cc(NC(=O)CSc2ncc(CO)n2C)no1. The van der Waals surface area contributed by atoms with E-state index < -0.39 is 0 Å². The van der Waals surface area contributed by atoms with Crippen LogP contribution in [-0.4, -0.2) is 31.5 Å². The van der Waals surface area contributed by atoms with Crippen molar-refractivity contribution < 1.29 is 14.4 Å². The van der Waals surface area contributed by atoms with Crippen LogP contribution in [0.2, 0.25) is 0 Å². The standard InChI is InChI=1S/C11H14N4O3S/c1-7-3-9(14-18-7)13-10(17)6-19-11-12-4-8(5-16)15(11)2/h3-4,16H,5-6H2,1-2H3,(H,13,14,17). The van der Waals surface area contributed by atoms with Crippen molar-refractivity contribution in [2.45, 2.75) is 18.7 Å². The Bertz CT molecular complexity index is 578. The zero-order valence-electron chi connectivity index (χ0n) is 10.6. The lowest BCUT2D eigenvalue weighted by Crippen LogP contribution is -2.14. The summed E-state index contributed by atoms with van der Waals surface area (Å²) < 4.78 is 6.60. The fourth-order valence-corrected chi connectivity index (χ4v) is 2.21. The highest BCUT2D eigenvalue weighted by atomic mass is 32.2. The highest BCUT2D eigenvalue weighted by Crippen LogP contribution is 2.17. The number of aryl methyl sites for hydroxylation is 1. The highest BCUT2D eigenvalue weighted by molar-refractivity contribution is 7.99. The first kappa shape index (κ1) is 13.6. The van der Waals surface area contributed by atoms with Crippen LogP contribution >= 0.6 is 11.8 Å². The number of hydrogen-bond acceptors (Lipinski definition) is 6. The van der Waals surface area contributed by atoms with Gasteiger partial charge in [-0.15, -0.1) is 0 Å². The molecule has 0 saturated carbocycles. The van der Waals surface area contributed by atoms with Crippen LogP contribution in [0.1, 0.15) is 11.5 Å². The van der Waals surface area contributed by atoms with Crippen LogP contribution in [0.3, 0.4) is 0 Å². The Morgan fingerprint density at radius 3 is 3.00 bits per heavy atom. The average Bonchev–Trinajstić information content (AvgIpc) is 2.93. The number of aliphatic hydroxyl groups excluding tert-OH is 1. The summed E-state index contributed by atoms with van der Waals surface area (Å²) in [5.41, 5.74) is 0.704. The second-order valence-corrected chi connectivity index (χ2v) is 4.85. The fourth-order valence-electron chi connectivity index (χ4n) is 1.44. The van der Waals surface area contributed by atoms with Crippen LogP contribution < -0.4 is 5.32 Å². The molecule has 0 spiro atoms. The van der Waals surface area contributed by atoms with Gasteiger partial charge in [-0.05, 0) is 6.92 Å². The molecular formula is C11H14N4O3S. The van der Waals surface area contributed by atoms with Crippen LogP contribution in [0.4, 0.5) is 5.82 Å². The Labute approximate surface area is 114 Å². The average molecular weight is 282 g/mol. The van der Waals surface area contributed by atoms with E-state index in [9.17, 15) is 4.79 Å². The molecule has 0 aliphatic rings. The molecule has 0 aliphatic heterocycles. The molecule has 102 valence electrons. The summed E-state index contributed by atoms with van der Waals surface area (Å²) in [4.78, 5) is 15.8. The molecule has 2 aromatic rings. The molecule has 2 N–H and O–H groups in total. The number of rotatable bonds is 5. The van der Waals surface area contributed by atoms with E-state index in [2.05, 4.69) is 15.5 Å². The van der Waals surface area contributed by atoms with Crippen molar-refractivity contribution in [1.29, 1.82) is 0 Å². The summed E-state index contributed by atoms with van der Waals surface area (Å²) in [6.45, 7) is 1.68. The van der Waals surface area contributed by atoms with Crippen molar-refractivity contribution in [3.05, 3.63) is 23.7 Å². The number of hydrogen-bond donors (Lipinski definition) is 2. The molecule has 1 amide bonds. The number of thioether (sulfide) groups is 1. The van der Waals surface area contributed by atoms with Gasteiger partial charge in [-0.2, -0.15) is 0 Å². The number of carbonyl (C=O) groups excluding carboxylic acids is 1. The van der Waals surface area contributed by atoms with E-state index >= 15 is 0 Å². The largest absolute Gasteiger partial charge is 0.390 e. The van der Waals surface area contributed by atoms with Crippen LogP contribution in [0.25, 0.3) is 0 Å². The van der Waals surface area contributed by atoms with Crippen molar-refractivity contribution in [2.24, 2.45) is 7.05 Å². The summed E-state index contributed by atoms with van der Waals surface area (Å²) in [6, 6.07) is 1.65. The molecular weight excluding hydrogens is 268 g/mol. The van der Waals surface area contributed by atoms with Crippen molar-refractivity contribution in [2.75, 3.05) is 11.1 Å². The Morgan fingerprint density at radius 2 is 2.42 bits per heavy atom. The minimum Gasteiger partial charge on any atom is -0.390 e. The van der Waals surface area contributed by atoms with E-state index in [1.165, 1.54) is 11.8 Å². The lowest BCUT2D eigenvalue weighted by Gasteiger charge is -2.03. The van der Waals surface area contributed by atoms with Crippen molar-refractivity contribution >= 4 is 23.5 Å². The minimum absolute atomic E-state index is 0.0749. The first-order chi connectivity index (χ1) is 9.10. The second-order valence-electron chi connectivity index (χ2n) is 3.91. The first-order valence-corrected chi connectivity index (χ1v) is 6.56. The summed E-state index contributed by atoms with van der Waals surface area (Å²) in [5.74, 6) is 1.06. The Kier molecular flexibility index (Phi) is 4.23. The minimum atomic E-state index is -0.188. The van der Waals surface area contributed by atoms with Crippen LogP contribution in [0.15, 0.2) is 21.9 Å². The number of nitrogens with zero attached hydrogens (tertiary/aromatic N) is 3. The summed E-state index contributed by atoms with van der Waals surface area (Å²) in [5, 5.41) is 16.0. The lowest BCUT2D eigenvalue weighted by molar-refractivity contribution is -0.113. The molecule has 0 saturated heterocycles. The maximum Gasteiger partial charge on any atom is 0.236 e. The topological polar surface area (TPSA) is 93.2 Å². The van der Waals surface area contributed by atoms with Gasteiger partial charge >= 0.3 is 0 Å². The summed E-state index contributed by atoms with van der Waals surface area (Å²) >= 11 is 1.29. The van der Waals surface area contributed by atoms with E-state index in [0.717, 1.165) is 0 Å². The van der Waals surface area contributed by atoms with Gasteiger partial charge in [0.2, 0.25) is 5.91 Å². The third-order valence-corrected chi connectivity index (χ3v) is 3.48. The molecule has 0 aliphatic carbocycles. The Hall–Kier alpha value is -1.80. The van der Waals surface area contributed by atoms with Crippen molar-refractivity contribution in [3.63, 3.8) is 0 Å². The zero-order valence-corrected chi connectivity index (χ0v) is 11.4. The normalized spacial score (nSPS) is 10.7. The molecule has 2 heterocycles. The smallest absolute Gasteiger partial charge is 0.236 e. The third kappa shape index (κ3) is 3.36. The molecule has 0 radical (unpaired) electrons. The zero-order chi connectivity index (χ0) is 13.8. The van der Waals surface area contributed by atoms with E-state index in [0.29, 0.717) is 22.4 Å². The predicted molar refractivity (Wildman–Crippen MR) is 69.7 cm³/mol. The third-order valence-electron chi connectivity index (χ3n) is 2.43. The van der Waals surface area contributed by atoms with Gasteiger partial charge in [0.25, 0.3) is 0 Å². The number of aliphatic hydroxyl groups is 1. The Morgan fingerprint density at radius 1 is 1.63 bits per heavy atom. The van der Waals surface area contributed by atoms with Gasteiger partial charge in [0.15, 0.2) is 11.0 Å². The molecule has 19 heavy (non-hydrogen) atoms. The lowest BCUT2D eigenvalue weighted by atomic mass is 10.5. The Balaban J connectivity index is 1.88. The van der Waals surface area contributed by atoms with Gasteiger partial charge in [-0.1, -0.05) is 16.9 Å². The van der Waals surface area contributed by atoms with E-state index in [1.54, 1.807) is 30.8 Å². The maximum absolute atomic E-state index is 11.7. The van der Waals surface area contributed by atoms with Crippen molar-refractivity contribution in [3.8, 4) is 0 Å². The fraction of sp³-hybridized carbons (Fsp3) is 0.364. The molecule has 7 nitrogen and oxygen atoms in total. The molecule has 2 rings (SSSR count). The predicted octanol–water partition coefficient (Wildman–Crippen LogP) is 0.940. The number of carbonyl (C=O) groups is 1. The van der Waals surface area contributed by atoms with E-state index in [1.807, 2.05) is 0 Å². The van der Waals surface area contributed by atoms with Gasteiger partial charge in [0.1, 0.15) is 5.76 Å². The number of aromatic nitrogens is 3. The van der Waals surface area contributed by atoms with E-state index in [4.69, 9.17) is 9.63 Å². The van der Waals surface area contributed by atoms with Gasteiger partial charge < -0.3 is 19.5 Å². The highest BCUT2D eigenvalue weighted by Gasteiger charge is 2.10.